The van der Waals surface area contributed by atoms with Crippen molar-refractivity contribution >= 4 is 0 Å². The highest BCUT2D eigenvalue weighted by Gasteiger charge is 2.14. The van der Waals surface area contributed by atoms with E-state index in [1.807, 2.05) is 6.07 Å². The summed E-state index contributed by atoms with van der Waals surface area (Å²) >= 11 is 0. The van der Waals surface area contributed by atoms with E-state index < -0.39 is 0 Å². The fraction of sp³-hybridized carbons (Fsp3) is 0.562. The average Bonchev–Trinajstić information content (AvgIpc) is 2.99. The number of pyridine rings is 1. The predicted molar refractivity (Wildman–Crippen MR) is 78.6 cm³/mol. The zero-order chi connectivity index (χ0) is 14.0. The molecule has 108 valence electrons. The van der Waals surface area contributed by atoms with Crippen molar-refractivity contribution < 1.29 is 9.84 Å². The number of aliphatic hydroxyl groups is 1. The number of nitrogens with zero attached hydrogens (tertiary/aromatic N) is 1. The predicted octanol–water partition coefficient (Wildman–Crippen LogP) is 1.73. The zero-order valence-corrected chi connectivity index (χ0v) is 11.8. The SMILES string of the molecule is OCCCCC#Cc1cncc(OC[C@@H]2CCCN2)c1. The molecule has 2 rings (SSSR count). The van der Waals surface area contributed by atoms with Crippen LogP contribution >= 0.6 is 0 Å². The molecule has 1 aliphatic heterocycles. The summed E-state index contributed by atoms with van der Waals surface area (Å²) in [5.41, 5.74) is 0.880. The minimum atomic E-state index is 0.238. The van der Waals surface area contributed by atoms with Gasteiger partial charge in [0.05, 0.1) is 6.20 Å². The summed E-state index contributed by atoms with van der Waals surface area (Å²) in [6.07, 6.45) is 8.43. The van der Waals surface area contributed by atoms with Gasteiger partial charge in [-0.15, -0.1) is 0 Å². The lowest BCUT2D eigenvalue weighted by Gasteiger charge is -2.11. The van der Waals surface area contributed by atoms with Crippen molar-refractivity contribution in [3.63, 3.8) is 0 Å². The number of unbranched alkanes of at least 4 members (excludes halogenated alkanes) is 2. The first-order valence-corrected chi connectivity index (χ1v) is 7.29. The van der Waals surface area contributed by atoms with Crippen molar-refractivity contribution in [3.8, 4) is 17.6 Å². The van der Waals surface area contributed by atoms with Gasteiger partial charge in [-0.3, -0.25) is 4.98 Å². The first-order valence-electron chi connectivity index (χ1n) is 7.29. The molecular weight excluding hydrogens is 252 g/mol. The smallest absolute Gasteiger partial charge is 0.138 e. The van der Waals surface area contributed by atoms with Crippen LogP contribution in [0.4, 0.5) is 0 Å². The Balaban J connectivity index is 1.80. The Morgan fingerprint density at radius 1 is 1.40 bits per heavy atom. The lowest BCUT2D eigenvalue weighted by Crippen LogP contribution is -2.28. The highest BCUT2D eigenvalue weighted by molar-refractivity contribution is 5.36. The Morgan fingerprint density at radius 2 is 2.35 bits per heavy atom. The van der Waals surface area contributed by atoms with Crippen LogP contribution in [0.2, 0.25) is 0 Å². The van der Waals surface area contributed by atoms with E-state index in [2.05, 4.69) is 22.1 Å². The van der Waals surface area contributed by atoms with E-state index in [9.17, 15) is 0 Å². The van der Waals surface area contributed by atoms with Crippen molar-refractivity contribution in [2.24, 2.45) is 0 Å². The van der Waals surface area contributed by atoms with Gasteiger partial charge < -0.3 is 15.2 Å². The third-order valence-electron chi connectivity index (χ3n) is 3.27. The Kier molecular flexibility index (Phi) is 6.36. The van der Waals surface area contributed by atoms with Crippen LogP contribution in [0.5, 0.6) is 5.75 Å². The van der Waals surface area contributed by atoms with E-state index in [0.29, 0.717) is 12.6 Å². The molecule has 0 radical (unpaired) electrons. The third-order valence-corrected chi connectivity index (χ3v) is 3.27. The van der Waals surface area contributed by atoms with Crippen molar-refractivity contribution in [2.75, 3.05) is 19.8 Å². The first kappa shape index (κ1) is 14.8. The summed E-state index contributed by atoms with van der Waals surface area (Å²) in [7, 11) is 0. The molecule has 0 amide bonds. The van der Waals surface area contributed by atoms with Crippen LogP contribution in [0, 0.1) is 11.8 Å². The highest BCUT2D eigenvalue weighted by Crippen LogP contribution is 2.13. The molecular formula is C16H22N2O2. The number of aromatic nitrogens is 1. The largest absolute Gasteiger partial charge is 0.490 e. The van der Waals surface area contributed by atoms with Gasteiger partial charge in [0.15, 0.2) is 0 Å². The zero-order valence-electron chi connectivity index (χ0n) is 11.8. The van der Waals surface area contributed by atoms with Crippen LogP contribution in [0.25, 0.3) is 0 Å². The Hall–Kier alpha value is -1.57. The molecule has 0 saturated carbocycles. The second kappa shape index (κ2) is 8.57. The Bertz CT molecular complexity index is 459. The van der Waals surface area contributed by atoms with Crippen molar-refractivity contribution in [1.29, 1.82) is 0 Å². The molecule has 1 saturated heterocycles. The maximum Gasteiger partial charge on any atom is 0.138 e. The molecule has 0 aliphatic carbocycles. The number of nitrogens with one attached hydrogen (secondary N) is 1. The summed E-state index contributed by atoms with van der Waals surface area (Å²) in [5.74, 6) is 6.95. The molecule has 2 N–H and O–H groups in total. The van der Waals surface area contributed by atoms with Gasteiger partial charge in [0.2, 0.25) is 0 Å². The molecule has 4 heteroatoms. The topological polar surface area (TPSA) is 54.4 Å². The lowest BCUT2D eigenvalue weighted by molar-refractivity contribution is 0.276. The standard InChI is InChI=1S/C16H22N2O2/c19-9-4-2-1-3-6-14-10-16(12-17-11-14)20-13-15-7-5-8-18-15/h10-12,15,18-19H,1-2,4-5,7-9,13H2/t15-/m0/s1. The van der Waals surface area contributed by atoms with Crippen LogP contribution in [-0.2, 0) is 0 Å². The molecule has 2 heterocycles. The number of aliphatic hydroxyl groups excluding tert-OH is 1. The molecule has 0 unspecified atom stereocenters. The molecule has 1 aromatic rings. The Morgan fingerprint density at radius 3 is 3.15 bits per heavy atom. The number of hydrogen-bond donors (Lipinski definition) is 2. The van der Waals surface area contributed by atoms with E-state index >= 15 is 0 Å². The third kappa shape index (κ3) is 5.20. The van der Waals surface area contributed by atoms with E-state index in [-0.39, 0.29) is 6.61 Å². The molecule has 1 atom stereocenters. The minimum Gasteiger partial charge on any atom is -0.490 e. The quantitative estimate of drug-likeness (QED) is 0.613. The van der Waals surface area contributed by atoms with Crippen molar-refractivity contribution in [1.82, 2.24) is 10.3 Å². The van der Waals surface area contributed by atoms with Crippen LogP contribution < -0.4 is 10.1 Å². The van der Waals surface area contributed by atoms with Gasteiger partial charge in [0.25, 0.3) is 0 Å². The maximum absolute atomic E-state index is 8.69. The number of rotatable bonds is 6. The molecule has 20 heavy (non-hydrogen) atoms. The minimum absolute atomic E-state index is 0.238. The van der Waals surface area contributed by atoms with Crippen LogP contribution in [-0.4, -0.2) is 35.9 Å². The van der Waals surface area contributed by atoms with Crippen LogP contribution in [0.3, 0.4) is 0 Å². The summed E-state index contributed by atoms with van der Waals surface area (Å²) in [4.78, 5) is 4.16. The summed E-state index contributed by atoms with van der Waals surface area (Å²) < 4.78 is 5.75. The fourth-order valence-electron chi connectivity index (χ4n) is 2.15. The van der Waals surface area contributed by atoms with Crippen molar-refractivity contribution in [3.05, 3.63) is 24.0 Å². The summed E-state index contributed by atoms with van der Waals surface area (Å²) in [5, 5.41) is 12.1. The maximum atomic E-state index is 8.69. The molecule has 4 nitrogen and oxygen atoms in total. The van der Waals surface area contributed by atoms with Gasteiger partial charge in [0, 0.05) is 30.8 Å². The van der Waals surface area contributed by atoms with Gasteiger partial charge in [-0.2, -0.15) is 0 Å². The van der Waals surface area contributed by atoms with E-state index in [0.717, 1.165) is 37.1 Å². The molecule has 1 aliphatic rings. The molecule has 1 fully saturated rings. The molecule has 0 aromatic carbocycles. The van der Waals surface area contributed by atoms with E-state index in [4.69, 9.17) is 9.84 Å². The second-order valence-electron chi connectivity index (χ2n) is 5.00. The van der Waals surface area contributed by atoms with Crippen LogP contribution in [0.15, 0.2) is 18.5 Å². The summed E-state index contributed by atoms with van der Waals surface area (Å²) in [6.45, 7) is 2.02. The number of hydrogen-bond acceptors (Lipinski definition) is 4. The van der Waals surface area contributed by atoms with Crippen molar-refractivity contribution in [2.45, 2.75) is 38.1 Å². The Labute approximate surface area is 120 Å². The second-order valence-corrected chi connectivity index (χ2v) is 5.00. The molecule has 0 bridgehead atoms. The van der Waals surface area contributed by atoms with Gasteiger partial charge >= 0.3 is 0 Å². The highest BCUT2D eigenvalue weighted by atomic mass is 16.5. The van der Waals surface area contributed by atoms with E-state index in [1.165, 1.54) is 12.8 Å². The first-order chi connectivity index (χ1) is 9.88. The number of ether oxygens (including phenoxy) is 1. The average molecular weight is 274 g/mol. The van der Waals surface area contributed by atoms with Gasteiger partial charge in [-0.25, -0.2) is 0 Å². The lowest BCUT2D eigenvalue weighted by atomic mass is 10.2. The van der Waals surface area contributed by atoms with Gasteiger partial charge in [0.1, 0.15) is 12.4 Å². The van der Waals surface area contributed by atoms with Crippen LogP contribution in [0.1, 0.15) is 37.7 Å². The summed E-state index contributed by atoms with van der Waals surface area (Å²) in [6, 6.07) is 2.39. The molecule has 1 aromatic heterocycles. The fourth-order valence-corrected chi connectivity index (χ4v) is 2.15. The molecule has 0 spiro atoms. The van der Waals surface area contributed by atoms with Gasteiger partial charge in [-0.1, -0.05) is 11.8 Å². The van der Waals surface area contributed by atoms with E-state index in [1.54, 1.807) is 12.4 Å². The monoisotopic (exact) mass is 274 g/mol. The van der Waals surface area contributed by atoms with Gasteiger partial charge in [-0.05, 0) is 38.3 Å². The normalized spacial score (nSPS) is 17.6.